The minimum absolute atomic E-state index is 0.0933. The lowest BCUT2D eigenvalue weighted by molar-refractivity contribution is 0.622. The van der Waals surface area contributed by atoms with Crippen LogP contribution in [0, 0.1) is 11.6 Å². The van der Waals surface area contributed by atoms with Crippen LogP contribution in [0.3, 0.4) is 0 Å². The molecule has 25 heavy (non-hydrogen) atoms. The Kier molecular flexibility index (Phi) is 4.29. The molecule has 0 aliphatic heterocycles. The van der Waals surface area contributed by atoms with Crippen molar-refractivity contribution in [2.24, 2.45) is 0 Å². The molecule has 1 fully saturated rings. The molecule has 2 aromatic carbocycles. The first kappa shape index (κ1) is 16.3. The number of nitrogens with zero attached hydrogens (tertiary/aromatic N) is 3. The van der Waals surface area contributed by atoms with Crippen LogP contribution < -0.4 is 0 Å². The van der Waals surface area contributed by atoms with Crippen LogP contribution in [0.5, 0.6) is 0 Å². The second-order valence-corrected chi connectivity index (χ2v) is 7.51. The van der Waals surface area contributed by atoms with E-state index in [9.17, 15) is 8.78 Å². The lowest BCUT2D eigenvalue weighted by Gasteiger charge is -2.13. The van der Waals surface area contributed by atoms with Gasteiger partial charge in [-0.15, -0.1) is 10.2 Å². The van der Waals surface area contributed by atoms with Crippen molar-refractivity contribution in [3.63, 3.8) is 0 Å². The average molecular weight is 357 g/mol. The van der Waals surface area contributed by atoms with Gasteiger partial charge in [0.15, 0.2) is 11.0 Å². The highest BCUT2D eigenvalue weighted by atomic mass is 32.2. The SMILES string of the molecule is C[C@@H](Sc1nnc(-c2ccccc2F)n1C1CC1)c1ccc(F)cc1. The molecule has 3 aromatic rings. The third kappa shape index (κ3) is 3.31. The summed E-state index contributed by atoms with van der Waals surface area (Å²) in [7, 11) is 0. The average Bonchev–Trinajstić information content (AvgIpc) is 3.37. The summed E-state index contributed by atoms with van der Waals surface area (Å²) < 4.78 is 29.4. The van der Waals surface area contributed by atoms with Crippen molar-refractivity contribution < 1.29 is 8.78 Å². The van der Waals surface area contributed by atoms with E-state index in [-0.39, 0.29) is 16.9 Å². The molecule has 1 heterocycles. The molecule has 6 heteroatoms. The largest absolute Gasteiger partial charge is 0.299 e. The van der Waals surface area contributed by atoms with Crippen molar-refractivity contribution in [2.75, 3.05) is 0 Å². The Hall–Kier alpha value is -2.21. The summed E-state index contributed by atoms with van der Waals surface area (Å²) in [4.78, 5) is 0. The van der Waals surface area contributed by atoms with Crippen molar-refractivity contribution >= 4 is 11.8 Å². The number of thioether (sulfide) groups is 1. The zero-order valence-corrected chi connectivity index (χ0v) is 14.5. The molecular weight excluding hydrogens is 340 g/mol. The third-order valence-corrected chi connectivity index (χ3v) is 5.43. The summed E-state index contributed by atoms with van der Waals surface area (Å²) in [6.45, 7) is 2.05. The van der Waals surface area contributed by atoms with Gasteiger partial charge in [0, 0.05) is 11.3 Å². The topological polar surface area (TPSA) is 30.7 Å². The lowest BCUT2D eigenvalue weighted by atomic mass is 10.2. The van der Waals surface area contributed by atoms with Crippen molar-refractivity contribution in [1.29, 1.82) is 0 Å². The van der Waals surface area contributed by atoms with Gasteiger partial charge in [0.2, 0.25) is 0 Å². The highest BCUT2D eigenvalue weighted by Gasteiger charge is 2.31. The number of hydrogen-bond acceptors (Lipinski definition) is 3. The molecule has 1 atom stereocenters. The monoisotopic (exact) mass is 357 g/mol. The van der Waals surface area contributed by atoms with E-state index in [1.165, 1.54) is 18.2 Å². The van der Waals surface area contributed by atoms with Crippen LogP contribution in [0.2, 0.25) is 0 Å². The molecule has 1 aromatic heterocycles. The summed E-state index contributed by atoms with van der Waals surface area (Å²) in [5, 5.41) is 9.44. The van der Waals surface area contributed by atoms with Crippen LogP contribution >= 0.6 is 11.8 Å². The summed E-state index contributed by atoms with van der Waals surface area (Å²) in [6.07, 6.45) is 2.11. The molecule has 128 valence electrons. The molecule has 0 spiro atoms. The number of rotatable bonds is 5. The summed E-state index contributed by atoms with van der Waals surface area (Å²) >= 11 is 1.56. The summed E-state index contributed by atoms with van der Waals surface area (Å²) in [5.41, 5.74) is 1.49. The van der Waals surface area contributed by atoms with Crippen molar-refractivity contribution in [3.8, 4) is 11.4 Å². The molecule has 3 nitrogen and oxygen atoms in total. The van der Waals surface area contributed by atoms with Crippen LogP contribution in [0.25, 0.3) is 11.4 Å². The fourth-order valence-electron chi connectivity index (χ4n) is 2.81. The number of hydrogen-bond donors (Lipinski definition) is 0. The Balaban J connectivity index is 1.67. The highest BCUT2D eigenvalue weighted by molar-refractivity contribution is 7.99. The number of aromatic nitrogens is 3. The molecule has 0 unspecified atom stereocenters. The minimum atomic E-state index is -0.292. The fraction of sp³-hybridized carbons (Fsp3) is 0.263. The van der Waals surface area contributed by atoms with E-state index in [1.54, 1.807) is 42.1 Å². The van der Waals surface area contributed by atoms with Gasteiger partial charge in [-0.2, -0.15) is 0 Å². The zero-order valence-electron chi connectivity index (χ0n) is 13.7. The molecule has 1 aliphatic rings. The van der Waals surface area contributed by atoms with Crippen molar-refractivity contribution in [3.05, 3.63) is 65.7 Å². The van der Waals surface area contributed by atoms with Crippen LogP contribution in [-0.4, -0.2) is 14.8 Å². The van der Waals surface area contributed by atoms with E-state index in [4.69, 9.17) is 0 Å². The Bertz CT molecular complexity index is 888. The third-order valence-electron chi connectivity index (χ3n) is 4.31. The number of benzene rings is 2. The smallest absolute Gasteiger partial charge is 0.192 e. The molecule has 0 saturated heterocycles. The van der Waals surface area contributed by atoms with Crippen LogP contribution in [0.1, 0.15) is 36.6 Å². The normalized spacial score (nSPS) is 15.3. The second kappa shape index (κ2) is 6.59. The first-order valence-corrected chi connectivity index (χ1v) is 9.13. The van der Waals surface area contributed by atoms with Crippen LogP contribution in [-0.2, 0) is 0 Å². The van der Waals surface area contributed by atoms with Crippen LogP contribution in [0.4, 0.5) is 8.78 Å². The maximum absolute atomic E-state index is 14.2. The standard InChI is InChI=1S/C19H17F2N3S/c1-12(13-6-8-14(20)9-7-13)25-19-23-22-18(24(19)15-10-11-15)16-4-2-3-5-17(16)21/h2-9,12,15H,10-11H2,1H3/t12-/m1/s1. The van der Waals surface area contributed by atoms with Gasteiger partial charge in [0.05, 0.1) is 5.56 Å². The maximum Gasteiger partial charge on any atom is 0.192 e. The maximum atomic E-state index is 14.2. The Morgan fingerprint density at radius 2 is 1.76 bits per heavy atom. The van der Waals surface area contributed by atoms with Gasteiger partial charge >= 0.3 is 0 Å². The van der Waals surface area contributed by atoms with E-state index < -0.39 is 0 Å². The zero-order chi connectivity index (χ0) is 17.4. The Morgan fingerprint density at radius 1 is 1.04 bits per heavy atom. The second-order valence-electron chi connectivity index (χ2n) is 6.20. The van der Waals surface area contributed by atoms with Gasteiger partial charge < -0.3 is 0 Å². The van der Waals surface area contributed by atoms with Gasteiger partial charge in [-0.25, -0.2) is 8.78 Å². The van der Waals surface area contributed by atoms with E-state index in [2.05, 4.69) is 10.2 Å². The molecule has 4 rings (SSSR count). The molecular formula is C19H17F2N3S. The van der Waals surface area contributed by atoms with E-state index in [0.29, 0.717) is 17.4 Å². The van der Waals surface area contributed by atoms with E-state index >= 15 is 0 Å². The predicted molar refractivity (Wildman–Crippen MR) is 94.4 cm³/mol. The Morgan fingerprint density at radius 3 is 2.44 bits per heavy atom. The number of halogens is 2. The first-order valence-electron chi connectivity index (χ1n) is 8.25. The minimum Gasteiger partial charge on any atom is -0.299 e. The molecule has 0 bridgehead atoms. The van der Waals surface area contributed by atoms with E-state index in [1.807, 2.05) is 11.5 Å². The lowest BCUT2D eigenvalue weighted by Crippen LogP contribution is -2.02. The van der Waals surface area contributed by atoms with E-state index in [0.717, 1.165) is 23.6 Å². The quantitative estimate of drug-likeness (QED) is 0.572. The van der Waals surface area contributed by atoms with Gasteiger partial charge in [-0.05, 0) is 49.6 Å². The predicted octanol–water partition coefficient (Wildman–Crippen LogP) is 5.41. The molecule has 0 radical (unpaired) electrons. The summed E-state index contributed by atoms with van der Waals surface area (Å²) in [5.74, 6) is 0.0401. The van der Waals surface area contributed by atoms with Crippen molar-refractivity contribution in [1.82, 2.24) is 14.8 Å². The highest BCUT2D eigenvalue weighted by Crippen LogP contribution is 2.44. The molecule has 1 aliphatic carbocycles. The molecule has 1 saturated carbocycles. The molecule has 0 amide bonds. The fourth-order valence-corrected chi connectivity index (χ4v) is 3.85. The molecule has 0 N–H and O–H groups in total. The van der Waals surface area contributed by atoms with Gasteiger partial charge in [0.25, 0.3) is 0 Å². The van der Waals surface area contributed by atoms with Gasteiger partial charge in [-0.3, -0.25) is 4.57 Å². The van der Waals surface area contributed by atoms with Crippen molar-refractivity contribution in [2.45, 2.75) is 36.2 Å². The van der Waals surface area contributed by atoms with Gasteiger partial charge in [0.1, 0.15) is 11.6 Å². The van der Waals surface area contributed by atoms with Crippen LogP contribution in [0.15, 0.2) is 53.7 Å². The Labute approximate surface area is 149 Å². The van der Waals surface area contributed by atoms with Gasteiger partial charge in [-0.1, -0.05) is 36.0 Å². The summed E-state index contributed by atoms with van der Waals surface area (Å²) in [6, 6.07) is 13.5. The first-order chi connectivity index (χ1) is 12.1.